The summed E-state index contributed by atoms with van der Waals surface area (Å²) in [5, 5.41) is 3.16. The number of likely N-dealkylation sites (tertiary alicyclic amines) is 2. The number of carbonyl (C=O) groups excluding carboxylic acids is 2. The molecular formula is C41H51F2N5O6S. The molecule has 14 heteroatoms. The summed E-state index contributed by atoms with van der Waals surface area (Å²) in [7, 11) is -0.894. The Bertz CT molecular complexity index is 1980. The molecular weight excluding hydrogens is 729 g/mol. The van der Waals surface area contributed by atoms with Crippen LogP contribution in [0.4, 0.5) is 19.3 Å². The number of methoxy groups -OCH3 is 2. The zero-order valence-electron chi connectivity index (χ0n) is 31.5. The standard InChI is InChI=1S/C41H51F2N5O6S/c1-53-39(50)45-37-9-4-8-35(37)41(27-46-18-5-19-46,29-6-3-7-30(42)22-29)28-16-20-47(21-17-28)24-40(54-2)25-48(26-40)31-10-12-32(13-11-31)55(51,52)33-14-15-34(38(44)49)36(43)23-33/h3,6-7,10-15,22-23,28,35,37H,4-5,8-9,16-21,24-27H2,1-2H3,(H2,44,49)(H,45,50)/t35-,37-,41-/m0/s1. The molecule has 1 aliphatic carbocycles. The van der Waals surface area contributed by atoms with Gasteiger partial charge in [0.25, 0.3) is 5.91 Å². The van der Waals surface area contributed by atoms with Crippen LogP contribution in [0.25, 0.3) is 0 Å². The Labute approximate surface area is 322 Å². The number of nitrogens with one attached hydrogen (secondary N) is 1. The first-order chi connectivity index (χ1) is 26.4. The van der Waals surface area contributed by atoms with E-state index in [4.69, 9.17) is 15.2 Å². The molecule has 11 nitrogen and oxygen atoms in total. The van der Waals surface area contributed by atoms with Crippen LogP contribution in [0.5, 0.6) is 0 Å². The van der Waals surface area contributed by atoms with Gasteiger partial charge in [0.1, 0.15) is 17.2 Å². The van der Waals surface area contributed by atoms with Crippen molar-refractivity contribution >= 4 is 27.5 Å². The van der Waals surface area contributed by atoms with E-state index >= 15 is 4.39 Å². The SMILES string of the molecule is COC(=O)N[C@H]1CCC[C@@H]1[C@](CN1CCC1)(c1cccc(F)c1)C1CCN(CC2(OC)CN(c3ccc(S(=O)(=O)c4ccc(C(N)=O)c(F)c4)cc3)C2)CC1. The molecule has 7 rings (SSSR count). The molecule has 2 amide bonds. The summed E-state index contributed by atoms with van der Waals surface area (Å²) in [4.78, 5) is 30.8. The molecule has 0 unspecified atom stereocenters. The Morgan fingerprint density at radius 3 is 2.20 bits per heavy atom. The van der Waals surface area contributed by atoms with Gasteiger partial charge in [0, 0.05) is 37.3 Å². The van der Waals surface area contributed by atoms with Gasteiger partial charge in [0.15, 0.2) is 0 Å². The number of benzene rings is 3. The van der Waals surface area contributed by atoms with E-state index in [0.29, 0.717) is 13.1 Å². The van der Waals surface area contributed by atoms with Crippen molar-refractivity contribution in [1.29, 1.82) is 0 Å². The number of nitrogens with zero attached hydrogens (tertiary/aromatic N) is 3. The van der Waals surface area contributed by atoms with Crippen molar-refractivity contribution < 1.29 is 36.3 Å². The van der Waals surface area contributed by atoms with E-state index < -0.39 is 33.3 Å². The van der Waals surface area contributed by atoms with Gasteiger partial charge in [-0.2, -0.15) is 0 Å². The summed E-state index contributed by atoms with van der Waals surface area (Å²) in [6, 6.07) is 16.7. The first kappa shape index (κ1) is 39.1. The average molecular weight is 780 g/mol. The van der Waals surface area contributed by atoms with Crippen molar-refractivity contribution in [2.24, 2.45) is 17.6 Å². The molecule has 3 N–H and O–H groups in total. The monoisotopic (exact) mass is 779 g/mol. The highest BCUT2D eigenvalue weighted by Crippen LogP contribution is 2.51. The quantitative estimate of drug-likeness (QED) is 0.247. The number of hydrogen-bond donors (Lipinski definition) is 2. The minimum absolute atomic E-state index is 0.0114. The van der Waals surface area contributed by atoms with Crippen LogP contribution in [0.3, 0.4) is 0 Å². The minimum Gasteiger partial charge on any atom is -0.453 e. The predicted molar refractivity (Wildman–Crippen MR) is 204 cm³/mol. The number of ether oxygens (including phenoxy) is 2. The van der Waals surface area contributed by atoms with E-state index in [-0.39, 0.29) is 44.5 Å². The Morgan fingerprint density at radius 1 is 0.891 bits per heavy atom. The number of rotatable bonds is 13. The van der Waals surface area contributed by atoms with Gasteiger partial charge in [-0.25, -0.2) is 22.0 Å². The van der Waals surface area contributed by atoms with Crippen LogP contribution in [0.1, 0.15) is 54.4 Å². The zero-order valence-corrected chi connectivity index (χ0v) is 32.3. The molecule has 0 bridgehead atoms. The van der Waals surface area contributed by atoms with Gasteiger partial charge in [-0.15, -0.1) is 0 Å². The van der Waals surface area contributed by atoms with E-state index in [1.807, 2.05) is 6.07 Å². The number of halogens is 2. The van der Waals surface area contributed by atoms with Crippen molar-refractivity contribution in [3.63, 3.8) is 0 Å². The number of anilines is 1. The zero-order chi connectivity index (χ0) is 39.0. The molecule has 55 heavy (non-hydrogen) atoms. The van der Waals surface area contributed by atoms with E-state index in [1.54, 1.807) is 25.3 Å². The van der Waals surface area contributed by atoms with Crippen molar-refractivity contribution in [2.45, 2.75) is 65.4 Å². The molecule has 4 fully saturated rings. The number of primary amides is 1. The predicted octanol–water partition coefficient (Wildman–Crippen LogP) is 4.98. The Kier molecular flexibility index (Phi) is 11.2. The summed E-state index contributed by atoms with van der Waals surface area (Å²) >= 11 is 0. The molecule has 3 atom stereocenters. The van der Waals surface area contributed by atoms with Gasteiger partial charge in [-0.05, 0) is 130 Å². The van der Waals surface area contributed by atoms with E-state index in [1.165, 1.54) is 31.4 Å². The summed E-state index contributed by atoms with van der Waals surface area (Å²) in [5.74, 6) is -1.78. The molecule has 3 heterocycles. The van der Waals surface area contributed by atoms with Crippen LogP contribution >= 0.6 is 0 Å². The highest BCUT2D eigenvalue weighted by atomic mass is 32.2. The molecule has 0 spiro atoms. The van der Waals surface area contributed by atoms with E-state index in [0.717, 1.165) is 101 Å². The van der Waals surface area contributed by atoms with Crippen molar-refractivity contribution in [3.05, 3.63) is 89.5 Å². The number of nitrogens with two attached hydrogens (primary N) is 1. The van der Waals surface area contributed by atoms with Crippen LogP contribution < -0.4 is 16.0 Å². The molecule has 0 radical (unpaired) electrons. The second kappa shape index (κ2) is 15.8. The first-order valence-electron chi connectivity index (χ1n) is 19.2. The Morgan fingerprint density at radius 2 is 1.60 bits per heavy atom. The molecule has 3 aromatic carbocycles. The maximum atomic E-state index is 15.0. The van der Waals surface area contributed by atoms with Crippen molar-refractivity contribution in [3.8, 4) is 0 Å². The number of carbonyl (C=O) groups is 2. The molecule has 1 saturated carbocycles. The van der Waals surface area contributed by atoms with Gasteiger partial charge >= 0.3 is 6.09 Å². The van der Waals surface area contributed by atoms with Gasteiger partial charge < -0.3 is 35.2 Å². The lowest BCUT2D eigenvalue weighted by molar-refractivity contribution is -0.0657. The minimum atomic E-state index is -4.02. The fourth-order valence-electron chi connectivity index (χ4n) is 9.71. The van der Waals surface area contributed by atoms with Gasteiger partial charge in [-0.3, -0.25) is 4.79 Å². The van der Waals surface area contributed by atoms with Crippen LogP contribution in [-0.4, -0.2) is 108 Å². The summed E-state index contributed by atoms with van der Waals surface area (Å²) in [6.07, 6.45) is 5.41. The van der Waals surface area contributed by atoms with Gasteiger partial charge in [-0.1, -0.05) is 18.6 Å². The number of sulfone groups is 1. The third-order valence-corrected chi connectivity index (χ3v) is 14.5. The normalized spacial score (nSPS) is 23.0. The highest BCUT2D eigenvalue weighted by molar-refractivity contribution is 7.91. The van der Waals surface area contributed by atoms with Crippen LogP contribution in [0.15, 0.2) is 76.5 Å². The number of hydrogen-bond acceptors (Lipinski definition) is 9. The highest BCUT2D eigenvalue weighted by Gasteiger charge is 2.54. The first-order valence-corrected chi connectivity index (χ1v) is 20.7. The molecule has 0 aromatic heterocycles. The number of alkyl carbamates (subject to hydrolysis) is 1. The fourth-order valence-corrected chi connectivity index (χ4v) is 11.0. The molecule has 296 valence electrons. The number of piperidine rings is 1. The Balaban J connectivity index is 1.04. The second-order valence-corrected chi connectivity index (χ2v) is 17.7. The third-order valence-electron chi connectivity index (χ3n) is 12.7. The van der Waals surface area contributed by atoms with Crippen molar-refractivity contribution in [2.75, 3.05) is 71.5 Å². The van der Waals surface area contributed by atoms with Gasteiger partial charge in [0.05, 0.1) is 35.6 Å². The van der Waals surface area contributed by atoms with E-state index in [9.17, 15) is 22.4 Å². The largest absolute Gasteiger partial charge is 0.453 e. The summed E-state index contributed by atoms with van der Waals surface area (Å²) < 4.78 is 67.1. The molecule has 3 aromatic rings. The lowest BCUT2D eigenvalue weighted by Crippen LogP contribution is -2.68. The Hall–Kier alpha value is -4.11. The lowest BCUT2D eigenvalue weighted by atomic mass is 9.57. The topological polar surface area (TPSA) is 135 Å². The number of amides is 2. The summed E-state index contributed by atoms with van der Waals surface area (Å²) in [5.41, 5.74) is 5.91. The van der Waals surface area contributed by atoms with Crippen LogP contribution in [0.2, 0.25) is 0 Å². The van der Waals surface area contributed by atoms with Crippen molar-refractivity contribution in [1.82, 2.24) is 15.1 Å². The third kappa shape index (κ3) is 7.70. The molecule has 3 aliphatic heterocycles. The van der Waals surface area contributed by atoms with Crippen LogP contribution in [-0.2, 0) is 24.7 Å². The smallest absolute Gasteiger partial charge is 0.407 e. The molecule has 4 aliphatic rings. The van der Waals surface area contributed by atoms with Gasteiger partial charge in [0.2, 0.25) is 9.84 Å². The second-order valence-electron chi connectivity index (χ2n) is 15.8. The van der Waals surface area contributed by atoms with Crippen LogP contribution in [0, 0.1) is 23.5 Å². The molecule has 3 saturated heterocycles. The fraction of sp³-hybridized carbons (Fsp3) is 0.512. The van der Waals surface area contributed by atoms with E-state index in [2.05, 4.69) is 26.1 Å². The maximum Gasteiger partial charge on any atom is 0.407 e. The lowest BCUT2D eigenvalue weighted by Gasteiger charge is -2.55. The summed E-state index contributed by atoms with van der Waals surface area (Å²) in [6.45, 7) is 6.59. The average Bonchev–Trinajstić information content (AvgIpc) is 3.61. The maximum absolute atomic E-state index is 15.0.